The van der Waals surface area contributed by atoms with Gasteiger partial charge in [-0.05, 0) is 31.0 Å². The first kappa shape index (κ1) is 10.1. The molecule has 3 N–H and O–H groups in total. The molecule has 0 amide bonds. The van der Waals surface area contributed by atoms with Crippen LogP contribution in [0.5, 0.6) is 0 Å². The van der Waals surface area contributed by atoms with Gasteiger partial charge in [0.15, 0.2) is 0 Å². The van der Waals surface area contributed by atoms with E-state index in [0.29, 0.717) is 6.54 Å². The number of aryl methyl sites for hydroxylation is 1. The van der Waals surface area contributed by atoms with Gasteiger partial charge < -0.3 is 10.8 Å². The minimum atomic E-state index is -0.677. The second-order valence-electron chi connectivity index (χ2n) is 3.60. The lowest BCUT2D eigenvalue weighted by molar-refractivity contribution is 0.113. The fourth-order valence-electron chi connectivity index (χ4n) is 1.70. The number of benzene rings is 1. The highest BCUT2D eigenvalue weighted by molar-refractivity contribution is 5.79. The Hall–Kier alpha value is -1.46. The molecule has 0 saturated carbocycles. The van der Waals surface area contributed by atoms with Crippen molar-refractivity contribution in [1.29, 1.82) is 0 Å². The predicted molar refractivity (Wildman–Crippen MR) is 57.1 cm³/mol. The summed E-state index contributed by atoms with van der Waals surface area (Å²) in [7, 11) is 0. The van der Waals surface area contributed by atoms with Gasteiger partial charge in [-0.25, -0.2) is 4.68 Å². The smallest absolute Gasteiger partial charge is 0.146 e. The van der Waals surface area contributed by atoms with Crippen molar-refractivity contribution < 1.29 is 5.11 Å². The van der Waals surface area contributed by atoms with E-state index in [2.05, 4.69) is 10.3 Å². The molecule has 0 fully saturated rings. The molecule has 0 aliphatic carbocycles. The molecule has 0 bridgehead atoms. The summed E-state index contributed by atoms with van der Waals surface area (Å²) in [6.07, 6.45) is -0.677. The Morgan fingerprint density at radius 1 is 1.53 bits per heavy atom. The van der Waals surface area contributed by atoms with Gasteiger partial charge in [0.2, 0.25) is 0 Å². The van der Waals surface area contributed by atoms with Crippen LogP contribution in [0.25, 0.3) is 11.0 Å². The highest BCUT2D eigenvalue weighted by atomic mass is 16.3. The number of aromatic nitrogens is 3. The van der Waals surface area contributed by atoms with Crippen molar-refractivity contribution in [3.8, 4) is 0 Å². The van der Waals surface area contributed by atoms with Crippen molar-refractivity contribution in [2.24, 2.45) is 5.73 Å². The summed E-state index contributed by atoms with van der Waals surface area (Å²) in [4.78, 5) is 0. The third-order valence-corrected chi connectivity index (χ3v) is 2.54. The highest BCUT2D eigenvalue weighted by Gasteiger charge is 2.12. The minimum Gasteiger partial charge on any atom is -0.372 e. The summed E-state index contributed by atoms with van der Waals surface area (Å²) in [5, 5.41) is 17.4. The molecule has 2 aromatic rings. The zero-order valence-electron chi connectivity index (χ0n) is 8.81. The van der Waals surface area contributed by atoms with Crippen LogP contribution in [0.3, 0.4) is 0 Å². The van der Waals surface area contributed by atoms with Crippen LogP contribution in [-0.2, 0) is 6.54 Å². The Kier molecular flexibility index (Phi) is 2.42. The van der Waals surface area contributed by atoms with Gasteiger partial charge in [0.05, 0.1) is 5.52 Å². The number of hydrogen-bond donors (Lipinski definition) is 2. The number of aliphatic hydroxyl groups excluding tert-OH is 1. The molecule has 0 spiro atoms. The molecule has 1 heterocycles. The Morgan fingerprint density at radius 2 is 2.27 bits per heavy atom. The van der Waals surface area contributed by atoms with Crippen molar-refractivity contribution >= 4 is 11.0 Å². The topological polar surface area (TPSA) is 77.0 Å². The first-order valence-corrected chi connectivity index (χ1v) is 4.86. The third-order valence-electron chi connectivity index (χ3n) is 2.54. The fourth-order valence-corrected chi connectivity index (χ4v) is 1.70. The van der Waals surface area contributed by atoms with E-state index in [1.165, 1.54) is 4.68 Å². The molecule has 0 aliphatic heterocycles. The SMILES string of the molecule is Cc1ccc2c(nnn2C(C)O)c1CN. The van der Waals surface area contributed by atoms with Crippen molar-refractivity contribution in [2.45, 2.75) is 26.6 Å². The number of nitrogens with two attached hydrogens (primary N) is 1. The van der Waals surface area contributed by atoms with E-state index in [4.69, 9.17) is 5.73 Å². The summed E-state index contributed by atoms with van der Waals surface area (Å²) in [5.41, 5.74) is 9.34. The summed E-state index contributed by atoms with van der Waals surface area (Å²) in [6, 6.07) is 3.86. The molecule has 1 atom stereocenters. The zero-order chi connectivity index (χ0) is 11.0. The lowest BCUT2D eigenvalue weighted by Crippen LogP contribution is -2.05. The van der Waals surface area contributed by atoms with E-state index < -0.39 is 6.23 Å². The number of hydrogen-bond acceptors (Lipinski definition) is 4. The van der Waals surface area contributed by atoms with Crippen LogP contribution in [0.4, 0.5) is 0 Å². The first-order chi connectivity index (χ1) is 7.15. The molecule has 0 saturated heterocycles. The van der Waals surface area contributed by atoms with Crippen LogP contribution in [0.1, 0.15) is 24.3 Å². The Bertz CT molecular complexity index is 489. The molecule has 1 aromatic carbocycles. The van der Waals surface area contributed by atoms with Gasteiger partial charge >= 0.3 is 0 Å². The van der Waals surface area contributed by atoms with Gasteiger partial charge in [-0.3, -0.25) is 0 Å². The standard InChI is InChI=1S/C10H14N4O/c1-6-3-4-9-10(8(6)5-11)12-13-14(9)7(2)15/h3-4,7,15H,5,11H2,1-2H3. The van der Waals surface area contributed by atoms with E-state index in [1.807, 2.05) is 19.1 Å². The normalized spacial score (nSPS) is 13.3. The van der Waals surface area contributed by atoms with Gasteiger partial charge in [0.1, 0.15) is 11.7 Å². The summed E-state index contributed by atoms with van der Waals surface area (Å²) >= 11 is 0. The zero-order valence-corrected chi connectivity index (χ0v) is 8.81. The van der Waals surface area contributed by atoms with Crippen LogP contribution in [0.2, 0.25) is 0 Å². The Labute approximate surface area is 87.5 Å². The monoisotopic (exact) mass is 206 g/mol. The van der Waals surface area contributed by atoms with Gasteiger partial charge in [-0.2, -0.15) is 0 Å². The molecule has 0 radical (unpaired) electrons. The number of aliphatic hydroxyl groups is 1. The molecule has 1 unspecified atom stereocenters. The quantitative estimate of drug-likeness (QED) is 0.758. The van der Waals surface area contributed by atoms with Gasteiger partial charge in [-0.15, -0.1) is 5.10 Å². The fraction of sp³-hybridized carbons (Fsp3) is 0.400. The third kappa shape index (κ3) is 1.49. The van der Waals surface area contributed by atoms with E-state index >= 15 is 0 Å². The van der Waals surface area contributed by atoms with Crippen molar-refractivity contribution in [3.05, 3.63) is 23.3 Å². The maximum absolute atomic E-state index is 9.47. The van der Waals surface area contributed by atoms with Gasteiger partial charge in [0.25, 0.3) is 0 Å². The summed E-state index contributed by atoms with van der Waals surface area (Å²) in [5.74, 6) is 0. The second kappa shape index (κ2) is 3.60. The second-order valence-corrected chi connectivity index (χ2v) is 3.60. The minimum absolute atomic E-state index is 0.432. The first-order valence-electron chi connectivity index (χ1n) is 4.86. The molecule has 5 heteroatoms. The molecule has 15 heavy (non-hydrogen) atoms. The predicted octanol–water partition coefficient (Wildman–Crippen LogP) is 0.709. The van der Waals surface area contributed by atoms with Crippen LogP contribution in [0, 0.1) is 6.92 Å². The largest absolute Gasteiger partial charge is 0.372 e. The molecule has 80 valence electrons. The molecular formula is C10H14N4O. The molecular weight excluding hydrogens is 192 g/mol. The van der Waals surface area contributed by atoms with Crippen LogP contribution in [-0.4, -0.2) is 20.1 Å². The van der Waals surface area contributed by atoms with E-state index in [1.54, 1.807) is 6.92 Å². The highest BCUT2D eigenvalue weighted by Crippen LogP contribution is 2.21. The Balaban J connectivity index is 2.74. The van der Waals surface area contributed by atoms with Crippen LogP contribution < -0.4 is 5.73 Å². The lowest BCUT2D eigenvalue weighted by atomic mass is 10.1. The lowest BCUT2D eigenvalue weighted by Gasteiger charge is -2.06. The maximum atomic E-state index is 9.47. The molecule has 5 nitrogen and oxygen atoms in total. The van der Waals surface area contributed by atoms with E-state index in [0.717, 1.165) is 22.2 Å². The van der Waals surface area contributed by atoms with Crippen molar-refractivity contribution in [3.63, 3.8) is 0 Å². The average Bonchev–Trinajstić information content (AvgIpc) is 2.61. The number of nitrogens with zero attached hydrogens (tertiary/aromatic N) is 3. The average molecular weight is 206 g/mol. The van der Waals surface area contributed by atoms with E-state index in [-0.39, 0.29) is 0 Å². The maximum Gasteiger partial charge on any atom is 0.146 e. The van der Waals surface area contributed by atoms with Crippen molar-refractivity contribution in [1.82, 2.24) is 15.0 Å². The van der Waals surface area contributed by atoms with Crippen LogP contribution >= 0.6 is 0 Å². The molecule has 2 rings (SSSR count). The van der Waals surface area contributed by atoms with Crippen LogP contribution in [0.15, 0.2) is 12.1 Å². The number of fused-ring (bicyclic) bond motifs is 1. The summed E-state index contributed by atoms with van der Waals surface area (Å²) < 4.78 is 1.48. The van der Waals surface area contributed by atoms with Gasteiger partial charge in [-0.1, -0.05) is 11.3 Å². The Morgan fingerprint density at radius 3 is 2.87 bits per heavy atom. The van der Waals surface area contributed by atoms with Gasteiger partial charge in [0, 0.05) is 6.54 Å². The van der Waals surface area contributed by atoms with Crippen molar-refractivity contribution in [2.75, 3.05) is 0 Å². The molecule has 0 aliphatic rings. The summed E-state index contributed by atoms with van der Waals surface area (Å²) in [6.45, 7) is 4.07. The molecule has 1 aromatic heterocycles. The van der Waals surface area contributed by atoms with E-state index in [9.17, 15) is 5.11 Å². The number of rotatable bonds is 2.